The average molecular weight is 283 g/mol. The summed E-state index contributed by atoms with van der Waals surface area (Å²) in [6, 6.07) is 3.74. The van der Waals surface area contributed by atoms with E-state index in [0.29, 0.717) is 11.4 Å². The third kappa shape index (κ3) is 1.99. The molecular formula is C13H12ClFN2S. The molecule has 0 atom stereocenters. The predicted molar refractivity (Wildman–Crippen MR) is 72.8 cm³/mol. The zero-order chi connectivity index (χ0) is 12.5. The summed E-state index contributed by atoms with van der Waals surface area (Å²) in [5, 5.41) is 2.09. The van der Waals surface area contributed by atoms with E-state index in [0.717, 1.165) is 19.5 Å². The molecule has 1 aliphatic heterocycles. The molecule has 2 nitrogen and oxygen atoms in total. The molecule has 5 heteroatoms. The van der Waals surface area contributed by atoms with Gasteiger partial charge in [0.2, 0.25) is 0 Å². The first kappa shape index (κ1) is 11.9. The van der Waals surface area contributed by atoms with E-state index >= 15 is 0 Å². The number of aromatic nitrogens is 1. The standard InChI is InChI=1S/C13H12ClFN2S/c14-7-9-1-4-16-13(12(9)15)17-5-2-11-10(8-17)3-6-18-11/h1,3-4,6H,2,5,7-8H2. The molecule has 0 bridgehead atoms. The van der Waals surface area contributed by atoms with Crippen molar-refractivity contribution in [3.05, 3.63) is 45.5 Å². The summed E-state index contributed by atoms with van der Waals surface area (Å²) < 4.78 is 14.2. The first-order chi connectivity index (χ1) is 8.79. The van der Waals surface area contributed by atoms with Crippen molar-refractivity contribution in [3.63, 3.8) is 0 Å². The Bertz CT molecular complexity index is 570. The molecule has 0 aliphatic carbocycles. The largest absolute Gasteiger partial charge is 0.349 e. The second kappa shape index (κ2) is 4.86. The van der Waals surface area contributed by atoms with E-state index in [1.165, 1.54) is 10.4 Å². The number of thiophene rings is 1. The molecule has 2 aromatic heterocycles. The number of hydrogen-bond acceptors (Lipinski definition) is 3. The fraction of sp³-hybridized carbons (Fsp3) is 0.308. The number of anilines is 1. The summed E-state index contributed by atoms with van der Waals surface area (Å²) in [5.74, 6) is 0.315. The van der Waals surface area contributed by atoms with Gasteiger partial charge < -0.3 is 4.90 Å². The molecule has 0 saturated heterocycles. The molecular weight excluding hydrogens is 271 g/mol. The van der Waals surface area contributed by atoms with Crippen molar-refractivity contribution >= 4 is 28.8 Å². The Morgan fingerprint density at radius 3 is 3.17 bits per heavy atom. The summed E-state index contributed by atoms with van der Waals surface area (Å²) in [6.45, 7) is 1.54. The first-order valence-electron chi connectivity index (χ1n) is 5.79. The number of alkyl halides is 1. The highest BCUT2D eigenvalue weighted by Gasteiger charge is 2.21. The normalized spacial score (nSPS) is 14.7. The molecule has 94 valence electrons. The minimum Gasteiger partial charge on any atom is -0.349 e. The van der Waals surface area contributed by atoms with Crippen LogP contribution in [0.2, 0.25) is 0 Å². The van der Waals surface area contributed by atoms with Gasteiger partial charge in [-0.25, -0.2) is 9.37 Å². The Hall–Kier alpha value is -1.13. The Balaban J connectivity index is 1.93. The molecule has 3 heterocycles. The van der Waals surface area contributed by atoms with Crippen LogP contribution in [-0.4, -0.2) is 11.5 Å². The topological polar surface area (TPSA) is 16.1 Å². The number of rotatable bonds is 2. The highest BCUT2D eigenvalue weighted by Crippen LogP contribution is 2.29. The maximum absolute atomic E-state index is 14.2. The summed E-state index contributed by atoms with van der Waals surface area (Å²) in [6.07, 6.45) is 2.58. The maximum Gasteiger partial charge on any atom is 0.170 e. The van der Waals surface area contributed by atoms with Crippen LogP contribution >= 0.6 is 22.9 Å². The van der Waals surface area contributed by atoms with Crippen LogP contribution in [0.25, 0.3) is 0 Å². The third-order valence-electron chi connectivity index (χ3n) is 3.20. The summed E-state index contributed by atoms with van der Waals surface area (Å²) in [7, 11) is 0. The Morgan fingerprint density at radius 2 is 2.33 bits per heavy atom. The number of hydrogen-bond donors (Lipinski definition) is 0. The van der Waals surface area contributed by atoms with Gasteiger partial charge in [0.05, 0.1) is 5.88 Å². The lowest BCUT2D eigenvalue weighted by atomic mass is 10.1. The van der Waals surface area contributed by atoms with Gasteiger partial charge in [-0.1, -0.05) is 0 Å². The van der Waals surface area contributed by atoms with Crippen LogP contribution in [0.1, 0.15) is 16.0 Å². The molecule has 0 fully saturated rings. The molecule has 0 N–H and O–H groups in total. The first-order valence-corrected chi connectivity index (χ1v) is 7.20. The molecule has 3 rings (SSSR count). The molecule has 0 unspecified atom stereocenters. The van der Waals surface area contributed by atoms with Gasteiger partial charge >= 0.3 is 0 Å². The fourth-order valence-electron chi connectivity index (χ4n) is 2.22. The van der Waals surface area contributed by atoms with Gasteiger partial charge in [0.25, 0.3) is 0 Å². The SMILES string of the molecule is Fc1c(CCl)ccnc1N1CCc2sccc2C1. The summed E-state index contributed by atoms with van der Waals surface area (Å²) in [5.41, 5.74) is 1.79. The molecule has 0 saturated carbocycles. The monoisotopic (exact) mass is 282 g/mol. The zero-order valence-corrected chi connectivity index (χ0v) is 11.3. The molecule has 2 aromatic rings. The van der Waals surface area contributed by atoms with Crippen molar-refractivity contribution in [3.8, 4) is 0 Å². The lowest BCUT2D eigenvalue weighted by Gasteiger charge is -2.28. The number of nitrogens with zero attached hydrogens (tertiary/aromatic N) is 2. The van der Waals surface area contributed by atoms with E-state index < -0.39 is 0 Å². The van der Waals surface area contributed by atoms with Crippen LogP contribution in [0.15, 0.2) is 23.7 Å². The van der Waals surface area contributed by atoms with Gasteiger partial charge in [0, 0.05) is 29.7 Å². The van der Waals surface area contributed by atoms with Crippen molar-refractivity contribution in [2.45, 2.75) is 18.8 Å². The van der Waals surface area contributed by atoms with E-state index in [1.807, 2.05) is 4.90 Å². The molecule has 18 heavy (non-hydrogen) atoms. The number of fused-ring (bicyclic) bond motifs is 1. The lowest BCUT2D eigenvalue weighted by Crippen LogP contribution is -2.31. The van der Waals surface area contributed by atoms with Crippen LogP contribution in [0.4, 0.5) is 10.2 Å². The quantitative estimate of drug-likeness (QED) is 0.783. The molecule has 0 spiro atoms. The molecule has 0 amide bonds. The van der Waals surface area contributed by atoms with Gasteiger partial charge in [-0.05, 0) is 29.5 Å². The Kier molecular flexibility index (Phi) is 3.22. The Labute approximate surface area is 114 Å². The third-order valence-corrected chi connectivity index (χ3v) is 4.51. The van der Waals surface area contributed by atoms with Crippen molar-refractivity contribution in [2.75, 3.05) is 11.4 Å². The van der Waals surface area contributed by atoms with Gasteiger partial charge in [-0.3, -0.25) is 0 Å². The van der Waals surface area contributed by atoms with Crippen LogP contribution in [0.3, 0.4) is 0 Å². The molecule has 0 aromatic carbocycles. The zero-order valence-electron chi connectivity index (χ0n) is 9.70. The number of pyridine rings is 1. The van der Waals surface area contributed by atoms with Crippen molar-refractivity contribution in [1.82, 2.24) is 4.98 Å². The van der Waals surface area contributed by atoms with Gasteiger partial charge in [-0.2, -0.15) is 0 Å². The molecule has 0 radical (unpaired) electrons. The Morgan fingerprint density at radius 1 is 1.44 bits per heavy atom. The van der Waals surface area contributed by atoms with Crippen molar-refractivity contribution < 1.29 is 4.39 Å². The predicted octanol–water partition coefficient (Wildman–Crippen LogP) is 3.58. The fourth-order valence-corrected chi connectivity index (χ4v) is 3.32. The van der Waals surface area contributed by atoms with Crippen LogP contribution in [0.5, 0.6) is 0 Å². The van der Waals surface area contributed by atoms with Gasteiger partial charge in [-0.15, -0.1) is 22.9 Å². The minimum atomic E-state index is -0.286. The van der Waals surface area contributed by atoms with Gasteiger partial charge in [0.1, 0.15) is 0 Å². The highest BCUT2D eigenvalue weighted by atomic mass is 35.5. The van der Waals surface area contributed by atoms with Crippen LogP contribution in [-0.2, 0) is 18.8 Å². The van der Waals surface area contributed by atoms with Crippen molar-refractivity contribution in [2.24, 2.45) is 0 Å². The summed E-state index contributed by atoms with van der Waals surface area (Å²) in [4.78, 5) is 7.55. The van der Waals surface area contributed by atoms with Crippen LogP contribution in [0, 0.1) is 5.82 Å². The van der Waals surface area contributed by atoms with Gasteiger partial charge in [0.15, 0.2) is 11.6 Å². The smallest absolute Gasteiger partial charge is 0.170 e. The van der Waals surface area contributed by atoms with E-state index in [9.17, 15) is 4.39 Å². The minimum absolute atomic E-state index is 0.179. The van der Waals surface area contributed by atoms with E-state index in [2.05, 4.69) is 16.4 Å². The second-order valence-corrected chi connectivity index (χ2v) is 5.55. The number of halogens is 2. The highest BCUT2D eigenvalue weighted by molar-refractivity contribution is 7.10. The second-order valence-electron chi connectivity index (χ2n) is 4.28. The van der Waals surface area contributed by atoms with Crippen LogP contribution < -0.4 is 4.90 Å². The summed E-state index contributed by atoms with van der Waals surface area (Å²) >= 11 is 7.49. The lowest BCUT2D eigenvalue weighted by molar-refractivity contribution is 0.593. The van der Waals surface area contributed by atoms with Crippen molar-refractivity contribution in [1.29, 1.82) is 0 Å². The van der Waals surface area contributed by atoms with E-state index in [-0.39, 0.29) is 11.7 Å². The van der Waals surface area contributed by atoms with E-state index in [1.54, 1.807) is 23.6 Å². The van der Waals surface area contributed by atoms with E-state index in [4.69, 9.17) is 11.6 Å². The molecule has 1 aliphatic rings. The maximum atomic E-state index is 14.2. The average Bonchev–Trinajstić information content (AvgIpc) is 2.86.